The van der Waals surface area contributed by atoms with Crippen LogP contribution in [0.15, 0.2) is 34.9 Å². The number of benzene rings is 1. The zero-order valence-corrected chi connectivity index (χ0v) is 15.7. The van der Waals surface area contributed by atoms with Crippen LogP contribution in [0.2, 0.25) is 0 Å². The van der Waals surface area contributed by atoms with Crippen LogP contribution in [0.25, 0.3) is 10.6 Å². The van der Waals surface area contributed by atoms with Gasteiger partial charge in [-0.1, -0.05) is 24.2 Å². The molecule has 9 heteroatoms. The minimum Gasteiger partial charge on any atom is -0.351 e. The quantitative estimate of drug-likeness (QED) is 0.638. The number of aromatic nitrogens is 2. The first-order valence-corrected chi connectivity index (χ1v) is 9.58. The largest absolute Gasteiger partial charge is 0.416 e. The Hall–Kier alpha value is -2.68. The van der Waals surface area contributed by atoms with Crippen molar-refractivity contribution in [2.24, 2.45) is 0 Å². The predicted molar refractivity (Wildman–Crippen MR) is 96.9 cm³/mol. The Morgan fingerprint density at radius 1 is 1.29 bits per heavy atom. The Labute approximate surface area is 162 Å². The second-order valence-electron chi connectivity index (χ2n) is 6.48. The molecular formula is C19H16F3N3O2S. The smallest absolute Gasteiger partial charge is 0.351 e. The van der Waals surface area contributed by atoms with Gasteiger partial charge in [-0.3, -0.25) is 4.79 Å². The molecule has 0 unspecified atom stereocenters. The fourth-order valence-electron chi connectivity index (χ4n) is 3.03. The summed E-state index contributed by atoms with van der Waals surface area (Å²) in [5, 5.41) is 4.50. The van der Waals surface area contributed by atoms with Crippen molar-refractivity contribution in [2.45, 2.75) is 32.5 Å². The van der Waals surface area contributed by atoms with Gasteiger partial charge in [-0.05, 0) is 18.6 Å². The summed E-state index contributed by atoms with van der Waals surface area (Å²) >= 11 is 1.40. The van der Waals surface area contributed by atoms with E-state index in [0.717, 1.165) is 28.4 Å². The second kappa shape index (κ2) is 7.05. The topological polar surface area (TPSA) is 59.2 Å². The van der Waals surface area contributed by atoms with Crippen molar-refractivity contribution in [3.05, 3.63) is 57.9 Å². The van der Waals surface area contributed by atoms with Gasteiger partial charge in [0.15, 0.2) is 0 Å². The maximum atomic E-state index is 12.7. The van der Waals surface area contributed by atoms with E-state index < -0.39 is 11.7 Å². The molecule has 0 bridgehead atoms. The first kappa shape index (κ1) is 18.7. The van der Waals surface area contributed by atoms with Crippen LogP contribution in [-0.4, -0.2) is 27.5 Å². The van der Waals surface area contributed by atoms with Crippen LogP contribution in [0, 0.1) is 0 Å². The van der Waals surface area contributed by atoms with Crippen LogP contribution in [0.3, 0.4) is 0 Å². The third-order valence-corrected chi connectivity index (χ3v) is 5.74. The molecule has 0 aliphatic carbocycles. The van der Waals surface area contributed by atoms with Crippen molar-refractivity contribution in [3.8, 4) is 10.6 Å². The molecule has 1 amide bonds. The van der Waals surface area contributed by atoms with Gasteiger partial charge in [-0.25, -0.2) is 4.98 Å². The van der Waals surface area contributed by atoms with E-state index in [2.05, 4.69) is 10.1 Å². The van der Waals surface area contributed by atoms with Gasteiger partial charge in [0.25, 0.3) is 5.91 Å². The zero-order chi connectivity index (χ0) is 19.9. The highest BCUT2D eigenvalue weighted by atomic mass is 32.1. The van der Waals surface area contributed by atoms with Crippen molar-refractivity contribution in [1.82, 2.24) is 15.0 Å². The maximum absolute atomic E-state index is 12.7. The van der Waals surface area contributed by atoms with Gasteiger partial charge in [0.05, 0.1) is 23.5 Å². The number of amides is 1. The molecule has 3 aromatic rings. The third kappa shape index (κ3) is 3.54. The van der Waals surface area contributed by atoms with Crippen molar-refractivity contribution < 1.29 is 22.5 Å². The first-order chi connectivity index (χ1) is 13.3. The molecule has 146 valence electrons. The molecule has 0 N–H and O–H groups in total. The van der Waals surface area contributed by atoms with E-state index in [1.165, 1.54) is 23.5 Å². The maximum Gasteiger partial charge on any atom is 0.416 e. The Kier molecular flexibility index (Phi) is 4.70. The van der Waals surface area contributed by atoms with E-state index in [9.17, 15) is 18.0 Å². The Bertz CT molecular complexity index is 1010. The number of aryl methyl sites for hydroxylation is 1. The highest BCUT2D eigenvalue weighted by molar-refractivity contribution is 7.15. The molecule has 5 nitrogen and oxygen atoms in total. The molecule has 0 saturated carbocycles. The van der Waals surface area contributed by atoms with Gasteiger partial charge >= 0.3 is 6.18 Å². The number of carbonyl (C=O) groups excluding carboxylic acids is 1. The molecule has 0 spiro atoms. The first-order valence-electron chi connectivity index (χ1n) is 8.76. The lowest BCUT2D eigenvalue weighted by atomic mass is 10.1. The number of thiazole rings is 1. The average molecular weight is 407 g/mol. The number of carbonyl (C=O) groups is 1. The summed E-state index contributed by atoms with van der Waals surface area (Å²) in [4.78, 5) is 19.8. The van der Waals surface area contributed by atoms with Crippen LogP contribution < -0.4 is 0 Å². The lowest BCUT2D eigenvalue weighted by Gasteiger charge is -2.24. The molecule has 1 aromatic carbocycles. The Morgan fingerprint density at radius 3 is 2.68 bits per heavy atom. The van der Waals surface area contributed by atoms with E-state index in [1.54, 1.807) is 11.0 Å². The van der Waals surface area contributed by atoms with E-state index in [1.807, 2.05) is 6.92 Å². The van der Waals surface area contributed by atoms with Gasteiger partial charge in [0.1, 0.15) is 5.01 Å². The Morgan fingerprint density at radius 2 is 2.04 bits per heavy atom. The second-order valence-corrected chi connectivity index (χ2v) is 7.56. The third-order valence-electron chi connectivity index (χ3n) is 4.61. The summed E-state index contributed by atoms with van der Waals surface area (Å²) in [5.41, 5.74) is 1.56. The number of rotatable bonds is 3. The molecular weight excluding hydrogens is 391 g/mol. The van der Waals surface area contributed by atoms with Crippen molar-refractivity contribution >= 4 is 17.2 Å². The zero-order valence-electron chi connectivity index (χ0n) is 14.9. The van der Waals surface area contributed by atoms with Crippen LogP contribution >= 0.6 is 11.3 Å². The fraction of sp³-hybridized carbons (Fsp3) is 0.316. The molecule has 1 aliphatic heterocycles. The summed E-state index contributed by atoms with van der Waals surface area (Å²) in [6.45, 7) is 2.83. The molecule has 1 aliphatic rings. The number of alkyl halides is 3. The predicted octanol–water partition coefficient (Wildman–Crippen LogP) is 4.58. The van der Waals surface area contributed by atoms with Gasteiger partial charge in [-0.2, -0.15) is 13.2 Å². The molecule has 0 fully saturated rings. The van der Waals surface area contributed by atoms with Crippen LogP contribution in [-0.2, 0) is 25.6 Å². The monoisotopic (exact) mass is 407 g/mol. The summed E-state index contributed by atoms with van der Waals surface area (Å²) < 4.78 is 43.3. The van der Waals surface area contributed by atoms with Crippen molar-refractivity contribution in [2.75, 3.05) is 6.54 Å². The number of nitrogens with zero attached hydrogens (tertiary/aromatic N) is 3. The summed E-state index contributed by atoms with van der Waals surface area (Å²) in [5.74, 6) is -0.00453. The summed E-state index contributed by atoms with van der Waals surface area (Å²) in [7, 11) is 0. The van der Waals surface area contributed by atoms with Crippen LogP contribution in [0.4, 0.5) is 13.2 Å². The van der Waals surface area contributed by atoms with Crippen LogP contribution in [0.5, 0.6) is 0 Å². The lowest BCUT2D eigenvalue weighted by Crippen LogP contribution is -2.35. The molecule has 4 rings (SSSR count). The minimum atomic E-state index is -4.36. The van der Waals surface area contributed by atoms with E-state index in [-0.39, 0.29) is 11.7 Å². The average Bonchev–Trinajstić information content (AvgIpc) is 3.33. The van der Waals surface area contributed by atoms with Gasteiger partial charge in [-0.15, -0.1) is 11.3 Å². The molecule has 0 saturated heterocycles. The van der Waals surface area contributed by atoms with E-state index in [0.29, 0.717) is 36.5 Å². The van der Waals surface area contributed by atoms with Crippen LogP contribution in [0.1, 0.15) is 39.3 Å². The Balaban J connectivity index is 1.53. The van der Waals surface area contributed by atoms with Crippen molar-refractivity contribution in [1.29, 1.82) is 0 Å². The summed E-state index contributed by atoms with van der Waals surface area (Å²) in [6.07, 6.45) is -3.08. The SMILES string of the molecule is CCc1cc(C(=O)N2CCc3nc(-c4ccc(C(F)(F)F)cc4)sc3C2)on1. The molecule has 2 aromatic heterocycles. The molecule has 0 radical (unpaired) electrons. The molecule has 3 heterocycles. The fourth-order valence-corrected chi connectivity index (χ4v) is 4.16. The highest BCUT2D eigenvalue weighted by Crippen LogP contribution is 2.34. The molecule has 28 heavy (non-hydrogen) atoms. The summed E-state index contributed by atoms with van der Waals surface area (Å²) in [6, 6.07) is 6.62. The number of halogens is 3. The number of hydrogen-bond acceptors (Lipinski definition) is 5. The van der Waals surface area contributed by atoms with Gasteiger partial charge in [0.2, 0.25) is 5.76 Å². The highest BCUT2D eigenvalue weighted by Gasteiger charge is 2.30. The van der Waals surface area contributed by atoms with E-state index >= 15 is 0 Å². The van der Waals surface area contributed by atoms with Gasteiger partial charge in [0, 0.05) is 29.5 Å². The van der Waals surface area contributed by atoms with Crippen molar-refractivity contribution in [3.63, 3.8) is 0 Å². The number of fused-ring (bicyclic) bond motifs is 1. The number of hydrogen-bond donors (Lipinski definition) is 0. The molecule has 0 atom stereocenters. The normalized spacial score (nSPS) is 14.2. The lowest BCUT2D eigenvalue weighted by molar-refractivity contribution is -0.137. The standard InChI is InChI=1S/C19H16F3N3O2S/c1-2-13-9-15(27-24-13)18(26)25-8-7-14-16(10-25)28-17(23-14)11-3-5-12(6-4-11)19(20,21)22/h3-6,9H,2,7-8,10H2,1H3. The van der Waals surface area contributed by atoms with Gasteiger partial charge < -0.3 is 9.42 Å². The van der Waals surface area contributed by atoms with E-state index in [4.69, 9.17) is 4.52 Å². The minimum absolute atomic E-state index is 0.216.